The van der Waals surface area contributed by atoms with E-state index in [1.54, 1.807) is 6.92 Å². The molecule has 3 aliphatic rings. The second-order valence-corrected chi connectivity index (χ2v) is 9.27. The van der Waals surface area contributed by atoms with Crippen molar-refractivity contribution >= 4 is 29.5 Å². The van der Waals surface area contributed by atoms with E-state index in [1.807, 2.05) is 6.92 Å². The van der Waals surface area contributed by atoms with Crippen LogP contribution in [0, 0.1) is 17.8 Å². The minimum absolute atomic E-state index is 0.0420. The number of carbonyl (C=O) groups is 3. The third-order valence-corrected chi connectivity index (χ3v) is 7.58. The van der Waals surface area contributed by atoms with E-state index in [2.05, 4.69) is 5.32 Å². The minimum Gasteiger partial charge on any atom is -0.477 e. The molecule has 3 rings (SSSR count). The summed E-state index contributed by atoms with van der Waals surface area (Å²) in [7, 11) is 0. The zero-order chi connectivity index (χ0) is 20.7. The molecule has 2 saturated heterocycles. The highest BCUT2D eigenvalue weighted by Gasteiger charge is 2.60. The zero-order valence-corrected chi connectivity index (χ0v) is 16.8. The molecule has 0 aromatic rings. The Hall–Kier alpha value is -1.62. The number of β-lactam (4-membered cyclic amide) rings is 1. The number of primary amides is 1. The van der Waals surface area contributed by atoms with Crippen molar-refractivity contribution < 1.29 is 24.6 Å². The number of aliphatic hydroxyl groups excluding tert-OH is 1. The maximum Gasteiger partial charge on any atom is 0.353 e. The zero-order valence-electron chi connectivity index (χ0n) is 16.0. The highest BCUT2D eigenvalue weighted by Crippen LogP contribution is 2.51. The minimum atomic E-state index is -1.12. The standard InChI is InChI=1S/C18H28N4O5S/c1-7-14-13(8(2)23)17(25)22(14)15(18(26)27)16(7)28-10-4-11(21-6-10)9(5-19)3-12(20)24/h7-11,13-14,21,23H,3-6,19H2,1-2H3,(H2,20,24)(H,26,27). The molecule has 7 atom stereocenters. The summed E-state index contributed by atoms with van der Waals surface area (Å²) >= 11 is 1.48. The molecular weight excluding hydrogens is 384 g/mol. The van der Waals surface area contributed by atoms with Crippen LogP contribution in [0.4, 0.5) is 0 Å². The quantitative estimate of drug-likeness (QED) is 0.319. The maximum absolute atomic E-state index is 12.4. The molecule has 2 fully saturated rings. The number of amides is 2. The molecule has 28 heavy (non-hydrogen) atoms. The number of hydrogen-bond donors (Lipinski definition) is 5. The third-order valence-electron chi connectivity index (χ3n) is 6.06. The highest BCUT2D eigenvalue weighted by molar-refractivity contribution is 8.03. The summed E-state index contributed by atoms with van der Waals surface area (Å²) in [6.07, 6.45) is 0.138. The summed E-state index contributed by atoms with van der Waals surface area (Å²) in [5.41, 5.74) is 11.1. The molecule has 9 nitrogen and oxygen atoms in total. The van der Waals surface area contributed by atoms with E-state index in [0.29, 0.717) is 18.0 Å². The molecule has 0 aliphatic carbocycles. The number of carboxylic acid groups (broad SMARTS) is 1. The van der Waals surface area contributed by atoms with Gasteiger partial charge < -0.3 is 31.9 Å². The summed E-state index contributed by atoms with van der Waals surface area (Å²) in [5.74, 6) is -2.60. The number of carbonyl (C=O) groups excluding carboxylic acids is 2. The topological polar surface area (TPSA) is 159 Å². The number of nitrogens with one attached hydrogen (secondary N) is 1. The lowest BCUT2D eigenvalue weighted by Crippen LogP contribution is -2.63. The number of nitrogens with zero attached hydrogens (tertiary/aromatic N) is 1. The van der Waals surface area contributed by atoms with Crippen LogP contribution in [0.3, 0.4) is 0 Å². The van der Waals surface area contributed by atoms with Crippen molar-refractivity contribution in [1.82, 2.24) is 10.2 Å². The van der Waals surface area contributed by atoms with Crippen molar-refractivity contribution in [2.75, 3.05) is 13.1 Å². The fraction of sp³-hybridized carbons (Fsp3) is 0.722. The molecule has 7 unspecified atom stereocenters. The molecule has 2 amide bonds. The fourth-order valence-electron chi connectivity index (χ4n) is 4.69. The summed E-state index contributed by atoms with van der Waals surface area (Å²) in [4.78, 5) is 37.5. The number of carboxylic acids is 1. The van der Waals surface area contributed by atoms with Crippen LogP contribution in [0.25, 0.3) is 0 Å². The van der Waals surface area contributed by atoms with Crippen molar-refractivity contribution in [3.8, 4) is 0 Å². The van der Waals surface area contributed by atoms with Gasteiger partial charge in [0.25, 0.3) is 0 Å². The van der Waals surface area contributed by atoms with E-state index in [9.17, 15) is 24.6 Å². The normalized spacial score (nSPS) is 34.2. The van der Waals surface area contributed by atoms with E-state index in [1.165, 1.54) is 16.7 Å². The van der Waals surface area contributed by atoms with Crippen LogP contribution in [-0.2, 0) is 14.4 Å². The van der Waals surface area contributed by atoms with Gasteiger partial charge >= 0.3 is 5.97 Å². The number of nitrogens with two attached hydrogens (primary N) is 2. The molecule has 0 aromatic heterocycles. The lowest BCUT2D eigenvalue weighted by atomic mass is 9.79. The number of thioether (sulfide) groups is 1. The number of aliphatic hydroxyl groups is 1. The highest BCUT2D eigenvalue weighted by atomic mass is 32.2. The number of rotatable bonds is 8. The number of fused-ring (bicyclic) bond motifs is 1. The summed E-state index contributed by atoms with van der Waals surface area (Å²) in [6.45, 7) is 4.48. The van der Waals surface area contributed by atoms with E-state index in [0.717, 1.165) is 6.42 Å². The van der Waals surface area contributed by atoms with Crippen LogP contribution >= 0.6 is 11.8 Å². The molecule has 7 N–H and O–H groups in total. The Balaban J connectivity index is 1.74. The Labute approximate surface area is 167 Å². The summed E-state index contributed by atoms with van der Waals surface area (Å²) in [5, 5.41) is 23.1. The second-order valence-electron chi connectivity index (χ2n) is 7.93. The van der Waals surface area contributed by atoms with Crippen molar-refractivity contribution in [3.05, 3.63) is 10.6 Å². The monoisotopic (exact) mass is 412 g/mol. The molecule has 0 bridgehead atoms. The van der Waals surface area contributed by atoms with Crippen LogP contribution in [0.2, 0.25) is 0 Å². The van der Waals surface area contributed by atoms with Crippen molar-refractivity contribution in [3.63, 3.8) is 0 Å². The van der Waals surface area contributed by atoms with E-state index >= 15 is 0 Å². The first-order valence-corrected chi connectivity index (χ1v) is 10.4. The third kappa shape index (κ3) is 3.54. The molecular formula is C18H28N4O5S. The van der Waals surface area contributed by atoms with Crippen LogP contribution in [0.1, 0.15) is 26.7 Å². The lowest BCUT2D eigenvalue weighted by molar-refractivity contribution is -0.163. The Kier molecular flexibility index (Phi) is 6.04. The molecule has 3 aliphatic heterocycles. The molecule has 0 saturated carbocycles. The fourth-order valence-corrected chi connectivity index (χ4v) is 6.18. The summed E-state index contributed by atoms with van der Waals surface area (Å²) in [6, 6.07) is -0.262. The van der Waals surface area contributed by atoms with Gasteiger partial charge in [0, 0.05) is 35.1 Å². The van der Waals surface area contributed by atoms with Crippen LogP contribution in [0.5, 0.6) is 0 Å². The van der Waals surface area contributed by atoms with Crippen molar-refractivity contribution in [1.29, 1.82) is 0 Å². The van der Waals surface area contributed by atoms with Gasteiger partial charge in [-0.2, -0.15) is 0 Å². The smallest absolute Gasteiger partial charge is 0.353 e. The van der Waals surface area contributed by atoms with E-state index < -0.39 is 18.0 Å². The summed E-state index contributed by atoms with van der Waals surface area (Å²) < 4.78 is 0. The van der Waals surface area contributed by atoms with Gasteiger partial charge in [-0.1, -0.05) is 6.92 Å². The Morgan fingerprint density at radius 1 is 1.43 bits per heavy atom. The average Bonchev–Trinajstić information content (AvgIpc) is 3.15. The van der Waals surface area contributed by atoms with Gasteiger partial charge in [-0.15, -0.1) is 11.8 Å². The Morgan fingerprint density at radius 3 is 2.64 bits per heavy atom. The predicted molar refractivity (Wildman–Crippen MR) is 104 cm³/mol. The predicted octanol–water partition coefficient (Wildman–Crippen LogP) is -0.946. The first kappa shape index (κ1) is 21.1. The van der Waals surface area contributed by atoms with Gasteiger partial charge in [-0.3, -0.25) is 9.59 Å². The van der Waals surface area contributed by atoms with Gasteiger partial charge in [-0.25, -0.2) is 4.79 Å². The molecule has 0 spiro atoms. The number of hydrogen-bond acceptors (Lipinski definition) is 7. The largest absolute Gasteiger partial charge is 0.477 e. The van der Waals surface area contributed by atoms with E-state index in [-0.39, 0.29) is 53.1 Å². The number of aliphatic carboxylic acids is 1. The maximum atomic E-state index is 12.4. The van der Waals surface area contributed by atoms with Gasteiger partial charge in [-0.05, 0) is 25.8 Å². The van der Waals surface area contributed by atoms with Gasteiger partial charge in [0.1, 0.15) is 5.70 Å². The Morgan fingerprint density at radius 2 is 2.11 bits per heavy atom. The first-order chi connectivity index (χ1) is 13.2. The SMILES string of the molecule is CC(O)C1C(=O)N2C(C(=O)O)=C(SC3CNC(C(CN)CC(N)=O)C3)C(C)C12. The van der Waals surface area contributed by atoms with Gasteiger partial charge in [0.2, 0.25) is 11.8 Å². The van der Waals surface area contributed by atoms with Crippen LogP contribution in [0.15, 0.2) is 10.6 Å². The lowest BCUT2D eigenvalue weighted by Gasteiger charge is -2.46. The first-order valence-electron chi connectivity index (χ1n) is 9.54. The molecule has 10 heteroatoms. The molecule has 0 aromatic carbocycles. The van der Waals surface area contributed by atoms with Crippen LogP contribution < -0.4 is 16.8 Å². The van der Waals surface area contributed by atoms with E-state index in [4.69, 9.17) is 11.5 Å². The average molecular weight is 413 g/mol. The second kappa shape index (κ2) is 8.02. The molecule has 0 radical (unpaired) electrons. The van der Waals surface area contributed by atoms with Crippen molar-refractivity contribution in [2.24, 2.45) is 29.2 Å². The van der Waals surface area contributed by atoms with Gasteiger partial charge in [0.05, 0.1) is 18.1 Å². The Bertz CT molecular complexity index is 712. The van der Waals surface area contributed by atoms with Crippen molar-refractivity contribution in [2.45, 2.75) is 50.1 Å². The molecule has 3 heterocycles. The molecule has 156 valence electrons. The van der Waals surface area contributed by atoms with Crippen LogP contribution in [-0.4, -0.2) is 69.4 Å². The van der Waals surface area contributed by atoms with Gasteiger partial charge in [0.15, 0.2) is 0 Å².